The predicted octanol–water partition coefficient (Wildman–Crippen LogP) is 2.11. The highest BCUT2D eigenvalue weighted by molar-refractivity contribution is 4.87. The first-order valence-electron chi connectivity index (χ1n) is 5.52. The van der Waals surface area contributed by atoms with E-state index in [4.69, 9.17) is 4.74 Å². The highest BCUT2D eigenvalue weighted by atomic mass is 16.6. The molecule has 0 spiro atoms. The minimum Gasteiger partial charge on any atom is -0.390 e. The molecule has 0 aromatic carbocycles. The topological polar surface area (TPSA) is 32.8 Å². The normalized spacial score (nSPS) is 44.8. The van der Waals surface area contributed by atoms with Crippen LogP contribution in [0.3, 0.4) is 0 Å². The van der Waals surface area contributed by atoms with E-state index in [0.29, 0.717) is 12.0 Å². The Kier molecular flexibility index (Phi) is 2.61. The molecule has 76 valence electrons. The summed E-state index contributed by atoms with van der Waals surface area (Å²) in [5.74, 6) is 0.519. The fourth-order valence-electron chi connectivity index (χ4n) is 2.47. The van der Waals surface area contributed by atoms with Crippen LogP contribution in [0.25, 0.3) is 0 Å². The van der Waals surface area contributed by atoms with E-state index in [2.05, 4.69) is 0 Å². The Morgan fingerprint density at radius 3 is 2.77 bits per heavy atom. The van der Waals surface area contributed by atoms with Gasteiger partial charge in [0, 0.05) is 0 Å². The van der Waals surface area contributed by atoms with Crippen LogP contribution >= 0.6 is 0 Å². The zero-order chi connectivity index (χ0) is 9.31. The third kappa shape index (κ3) is 2.44. The van der Waals surface area contributed by atoms with Crippen LogP contribution < -0.4 is 0 Å². The molecule has 2 aliphatic rings. The van der Waals surface area contributed by atoms with Gasteiger partial charge in [-0.2, -0.15) is 0 Å². The van der Waals surface area contributed by atoms with Crippen molar-refractivity contribution in [3.05, 3.63) is 0 Å². The maximum Gasteiger partial charge on any atom is 0.0810 e. The third-order valence-corrected chi connectivity index (χ3v) is 3.60. The summed E-state index contributed by atoms with van der Waals surface area (Å²) in [4.78, 5) is 0. The van der Waals surface area contributed by atoms with Crippen LogP contribution in [0, 0.1) is 5.92 Å². The number of epoxide rings is 1. The number of ether oxygens (including phenoxy) is 1. The molecule has 1 saturated heterocycles. The van der Waals surface area contributed by atoms with Crippen LogP contribution in [0.15, 0.2) is 0 Å². The molecule has 0 aromatic rings. The van der Waals surface area contributed by atoms with Gasteiger partial charge in [0.25, 0.3) is 0 Å². The Balaban J connectivity index is 1.79. The molecule has 1 heterocycles. The quantitative estimate of drug-likeness (QED) is 0.681. The molecule has 2 fully saturated rings. The molecule has 13 heavy (non-hydrogen) atoms. The van der Waals surface area contributed by atoms with E-state index in [1.807, 2.05) is 6.92 Å². The van der Waals surface area contributed by atoms with Gasteiger partial charge in [-0.15, -0.1) is 0 Å². The molecule has 2 nitrogen and oxygen atoms in total. The van der Waals surface area contributed by atoms with Crippen molar-refractivity contribution in [2.75, 3.05) is 6.61 Å². The molecule has 1 aliphatic carbocycles. The van der Waals surface area contributed by atoms with E-state index in [-0.39, 0.29) is 0 Å². The van der Waals surface area contributed by atoms with Crippen LogP contribution in [0.5, 0.6) is 0 Å². The van der Waals surface area contributed by atoms with E-state index in [1.54, 1.807) is 0 Å². The highest BCUT2D eigenvalue weighted by Crippen LogP contribution is 2.37. The summed E-state index contributed by atoms with van der Waals surface area (Å²) in [6, 6.07) is 0. The Morgan fingerprint density at radius 1 is 1.38 bits per heavy atom. The summed E-state index contributed by atoms with van der Waals surface area (Å²) in [7, 11) is 0. The molecule has 0 bridgehead atoms. The molecule has 2 rings (SSSR count). The lowest BCUT2D eigenvalue weighted by Crippen LogP contribution is -2.37. The van der Waals surface area contributed by atoms with Gasteiger partial charge in [-0.1, -0.05) is 12.8 Å². The third-order valence-electron chi connectivity index (χ3n) is 3.60. The van der Waals surface area contributed by atoms with Gasteiger partial charge in [-0.3, -0.25) is 0 Å². The first-order valence-corrected chi connectivity index (χ1v) is 5.52. The maximum atomic E-state index is 10.1. The standard InChI is InChI=1S/C11H20O2/c1-11(12)7-3-2-4-9(11)5-6-10-8-13-10/h9-10,12H,2-8H2,1H3. The molecule has 0 radical (unpaired) electrons. The molecular formula is C11H20O2. The Morgan fingerprint density at radius 2 is 2.15 bits per heavy atom. The Labute approximate surface area is 80.3 Å². The summed E-state index contributed by atoms with van der Waals surface area (Å²) in [6.45, 7) is 2.96. The second-order valence-corrected chi connectivity index (χ2v) is 4.83. The van der Waals surface area contributed by atoms with Crippen molar-refractivity contribution in [3.63, 3.8) is 0 Å². The van der Waals surface area contributed by atoms with Crippen molar-refractivity contribution in [2.24, 2.45) is 5.92 Å². The number of aliphatic hydroxyl groups is 1. The first-order chi connectivity index (χ1) is 6.18. The summed E-state index contributed by atoms with van der Waals surface area (Å²) in [6.07, 6.45) is 7.52. The molecule has 0 aromatic heterocycles. The van der Waals surface area contributed by atoms with Crippen molar-refractivity contribution in [1.29, 1.82) is 0 Å². The monoisotopic (exact) mass is 184 g/mol. The van der Waals surface area contributed by atoms with E-state index in [0.717, 1.165) is 25.9 Å². The van der Waals surface area contributed by atoms with E-state index >= 15 is 0 Å². The lowest BCUT2D eigenvalue weighted by Gasteiger charge is -2.37. The lowest BCUT2D eigenvalue weighted by molar-refractivity contribution is -0.0360. The number of hydrogen-bond acceptors (Lipinski definition) is 2. The lowest BCUT2D eigenvalue weighted by atomic mass is 9.74. The zero-order valence-electron chi connectivity index (χ0n) is 8.46. The minimum atomic E-state index is -0.396. The van der Waals surface area contributed by atoms with Crippen LogP contribution in [-0.4, -0.2) is 23.4 Å². The molecule has 1 saturated carbocycles. The average molecular weight is 184 g/mol. The van der Waals surface area contributed by atoms with Crippen LogP contribution in [-0.2, 0) is 4.74 Å². The van der Waals surface area contributed by atoms with Gasteiger partial charge < -0.3 is 9.84 Å². The summed E-state index contributed by atoms with van der Waals surface area (Å²) in [5, 5.41) is 10.1. The van der Waals surface area contributed by atoms with Gasteiger partial charge in [0.1, 0.15) is 0 Å². The van der Waals surface area contributed by atoms with Gasteiger partial charge in [0.2, 0.25) is 0 Å². The molecule has 0 amide bonds. The van der Waals surface area contributed by atoms with Crippen molar-refractivity contribution < 1.29 is 9.84 Å². The molecular weight excluding hydrogens is 164 g/mol. The highest BCUT2D eigenvalue weighted by Gasteiger charge is 2.35. The van der Waals surface area contributed by atoms with Gasteiger partial charge in [-0.05, 0) is 38.5 Å². The van der Waals surface area contributed by atoms with Crippen LogP contribution in [0.4, 0.5) is 0 Å². The van der Waals surface area contributed by atoms with Gasteiger partial charge >= 0.3 is 0 Å². The largest absolute Gasteiger partial charge is 0.390 e. The predicted molar refractivity (Wildman–Crippen MR) is 51.6 cm³/mol. The molecule has 1 N–H and O–H groups in total. The summed E-state index contributed by atoms with van der Waals surface area (Å²) >= 11 is 0. The fourth-order valence-corrected chi connectivity index (χ4v) is 2.47. The van der Waals surface area contributed by atoms with E-state index in [9.17, 15) is 5.11 Å². The van der Waals surface area contributed by atoms with Crippen molar-refractivity contribution in [2.45, 2.75) is 57.2 Å². The van der Waals surface area contributed by atoms with Crippen molar-refractivity contribution >= 4 is 0 Å². The van der Waals surface area contributed by atoms with Gasteiger partial charge in [0.15, 0.2) is 0 Å². The Bertz CT molecular complexity index is 173. The maximum absolute atomic E-state index is 10.1. The van der Waals surface area contributed by atoms with Crippen molar-refractivity contribution in [1.82, 2.24) is 0 Å². The summed E-state index contributed by atoms with van der Waals surface area (Å²) < 4.78 is 5.19. The number of rotatable bonds is 3. The average Bonchev–Trinajstić information content (AvgIpc) is 2.85. The van der Waals surface area contributed by atoms with E-state index in [1.165, 1.54) is 19.3 Å². The zero-order valence-corrected chi connectivity index (χ0v) is 8.46. The van der Waals surface area contributed by atoms with E-state index < -0.39 is 5.60 Å². The van der Waals surface area contributed by atoms with Crippen LogP contribution in [0.1, 0.15) is 45.4 Å². The van der Waals surface area contributed by atoms with Crippen molar-refractivity contribution in [3.8, 4) is 0 Å². The van der Waals surface area contributed by atoms with Gasteiger partial charge in [0.05, 0.1) is 18.3 Å². The molecule has 2 heteroatoms. The summed E-state index contributed by atoms with van der Waals surface area (Å²) in [5.41, 5.74) is -0.396. The first kappa shape index (κ1) is 9.47. The second kappa shape index (κ2) is 3.58. The smallest absolute Gasteiger partial charge is 0.0810 e. The SMILES string of the molecule is CC1(O)CCCCC1CCC1CO1. The molecule has 3 atom stereocenters. The van der Waals surface area contributed by atoms with Gasteiger partial charge in [-0.25, -0.2) is 0 Å². The Hall–Kier alpha value is -0.0800. The fraction of sp³-hybridized carbons (Fsp3) is 1.00. The minimum absolute atomic E-state index is 0.396. The second-order valence-electron chi connectivity index (χ2n) is 4.83. The van der Waals surface area contributed by atoms with Crippen LogP contribution in [0.2, 0.25) is 0 Å². The number of hydrogen-bond donors (Lipinski definition) is 1. The molecule has 1 aliphatic heterocycles. The molecule has 3 unspecified atom stereocenters.